The first-order valence-corrected chi connectivity index (χ1v) is 9.88. The number of carbonyl (C=O) groups is 3. The lowest BCUT2D eigenvalue weighted by Gasteiger charge is -2.37. The van der Waals surface area contributed by atoms with E-state index in [0.29, 0.717) is 36.4 Å². The van der Waals surface area contributed by atoms with Crippen molar-refractivity contribution in [1.29, 1.82) is 0 Å². The van der Waals surface area contributed by atoms with Gasteiger partial charge in [0.25, 0.3) is 5.91 Å². The van der Waals surface area contributed by atoms with Crippen LogP contribution in [0, 0.1) is 0 Å². The van der Waals surface area contributed by atoms with Gasteiger partial charge in [0, 0.05) is 17.1 Å². The van der Waals surface area contributed by atoms with Crippen molar-refractivity contribution in [2.24, 2.45) is 0 Å². The third-order valence-electron chi connectivity index (χ3n) is 4.28. The molecule has 0 unspecified atom stereocenters. The summed E-state index contributed by atoms with van der Waals surface area (Å²) in [7, 11) is 0. The average Bonchev–Trinajstić information content (AvgIpc) is 2.64. The molecule has 128 valence electrons. The Kier molecular flexibility index (Phi) is 5.15. The van der Waals surface area contributed by atoms with E-state index < -0.39 is 6.04 Å². The van der Waals surface area contributed by atoms with Crippen molar-refractivity contribution < 1.29 is 14.4 Å². The summed E-state index contributed by atoms with van der Waals surface area (Å²) in [6, 6.07) is 4.61. The fourth-order valence-corrected chi connectivity index (χ4v) is 3.87. The van der Waals surface area contributed by atoms with E-state index in [0.717, 1.165) is 4.47 Å². The predicted octanol–water partition coefficient (Wildman–Crippen LogP) is 1.85. The predicted molar refractivity (Wildman–Crippen MR) is 97.1 cm³/mol. The van der Waals surface area contributed by atoms with Crippen molar-refractivity contribution in [2.75, 3.05) is 23.9 Å². The Morgan fingerprint density at radius 3 is 3.00 bits per heavy atom. The highest BCUT2D eigenvalue weighted by molar-refractivity contribution is 9.10. The van der Waals surface area contributed by atoms with Gasteiger partial charge in [-0.3, -0.25) is 14.4 Å². The van der Waals surface area contributed by atoms with Crippen molar-refractivity contribution in [1.82, 2.24) is 10.2 Å². The van der Waals surface area contributed by atoms with E-state index in [1.807, 2.05) is 6.26 Å². The molecule has 0 spiro atoms. The normalized spacial score (nSPS) is 23.0. The molecule has 2 aliphatic heterocycles. The first-order valence-electron chi connectivity index (χ1n) is 7.69. The first-order chi connectivity index (χ1) is 11.5. The molecular formula is C16H18BrN3O3S. The summed E-state index contributed by atoms with van der Waals surface area (Å²) in [6.45, 7) is 0.451. The molecule has 2 N–H and O–H groups in total. The minimum Gasteiger partial charge on any atom is -0.352 e. The zero-order valence-electron chi connectivity index (χ0n) is 13.2. The number of hydrogen-bond donors (Lipinski definition) is 2. The van der Waals surface area contributed by atoms with Crippen molar-refractivity contribution in [3.63, 3.8) is 0 Å². The van der Waals surface area contributed by atoms with Gasteiger partial charge in [-0.25, -0.2) is 0 Å². The van der Waals surface area contributed by atoms with Crippen LogP contribution in [0.25, 0.3) is 0 Å². The molecule has 6 nitrogen and oxygen atoms in total. The summed E-state index contributed by atoms with van der Waals surface area (Å²) in [5.74, 6) is 0.0143. The van der Waals surface area contributed by atoms with Crippen molar-refractivity contribution in [3.8, 4) is 0 Å². The smallest absolute Gasteiger partial charge is 0.256 e. The molecule has 8 heteroatoms. The highest BCUT2D eigenvalue weighted by Crippen LogP contribution is 2.30. The van der Waals surface area contributed by atoms with Gasteiger partial charge in [0.2, 0.25) is 11.8 Å². The number of rotatable bonds is 3. The second-order valence-corrected chi connectivity index (χ2v) is 7.70. The van der Waals surface area contributed by atoms with Crippen LogP contribution in [0.5, 0.6) is 0 Å². The SMILES string of the molecule is CSCC(=O)N[C@@H]1CCN2C(=O)c3cc(Br)ccc3NC(=O)[C@@H]2C1. The largest absolute Gasteiger partial charge is 0.352 e. The van der Waals surface area contributed by atoms with Crippen LogP contribution in [0.1, 0.15) is 23.2 Å². The number of piperidine rings is 1. The molecule has 3 amide bonds. The minimum absolute atomic E-state index is 0.0338. The standard InChI is InChI=1S/C16H18BrN3O3S/c1-24-8-14(21)18-10-4-5-20-13(7-10)15(22)19-12-3-2-9(17)6-11(12)16(20)23/h2-3,6,10,13H,4-5,7-8H2,1H3,(H,18,21)(H,19,22)/t10-,13+/m1/s1. The summed E-state index contributed by atoms with van der Waals surface area (Å²) in [5.41, 5.74) is 1.02. The van der Waals surface area contributed by atoms with Crippen LogP contribution in [-0.2, 0) is 9.59 Å². The van der Waals surface area contributed by atoms with Crippen LogP contribution in [0.3, 0.4) is 0 Å². The number of thioether (sulfide) groups is 1. The molecule has 0 aromatic heterocycles. The fraction of sp³-hybridized carbons (Fsp3) is 0.438. The molecule has 0 aliphatic carbocycles. The number of carbonyl (C=O) groups excluding carboxylic acids is 3. The Balaban J connectivity index is 1.80. The molecule has 2 heterocycles. The van der Waals surface area contributed by atoms with E-state index in [2.05, 4.69) is 26.6 Å². The molecule has 1 aromatic carbocycles. The van der Waals surface area contributed by atoms with E-state index in [1.54, 1.807) is 23.1 Å². The maximum atomic E-state index is 12.8. The lowest BCUT2D eigenvalue weighted by atomic mass is 9.96. The third kappa shape index (κ3) is 3.44. The maximum Gasteiger partial charge on any atom is 0.256 e. The summed E-state index contributed by atoms with van der Waals surface area (Å²) in [4.78, 5) is 38.8. The molecule has 0 saturated carbocycles. The highest BCUT2D eigenvalue weighted by atomic mass is 79.9. The van der Waals surface area contributed by atoms with E-state index in [4.69, 9.17) is 0 Å². The number of anilines is 1. The number of fused-ring (bicyclic) bond motifs is 2. The number of nitrogens with one attached hydrogen (secondary N) is 2. The monoisotopic (exact) mass is 411 g/mol. The van der Waals surface area contributed by atoms with Crippen molar-refractivity contribution >= 4 is 51.1 Å². The lowest BCUT2D eigenvalue weighted by Crippen LogP contribution is -2.55. The molecule has 1 saturated heterocycles. The van der Waals surface area contributed by atoms with Crippen molar-refractivity contribution in [2.45, 2.75) is 24.9 Å². The van der Waals surface area contributed by atoms with E-state index in [-0.39, 0.29) is 23.8 Å². The Hall–Kier alpha value is -1.54. The summed E-state index contributed by atoms with van der Waals surface area (Å²) in [5, 5.41) is 5.79. The van der Waals surface area contributed by atoms with E-state index >= 15 is 0 Å². The summed E-state index contributed by atoms with van der Waals surface area (Å²) in [6.07, 6.45) is 2.96. The van der Waals surface area contributed by atoms with Crippen LogP contribution >= 0.6 is 27.7 Å². The van der Waals surface area contributed by atoms with Gasteiger partial charge >= 0.3 is 0 Å². The minimum atomic E-state index is -0.558. The molecule has 24 heavy (non-hydrogen) atoms. The van der Waals surface area contributed by atoms with Crippen LogP contribution in [0.15, 0.2) is 22.7 Å². The third-order valence-corrected chi connectivity index (χ3v) is 5.32. The molecule has 0 radical (unpaired) electrons. The zero-order valence-corrected chi connectivity index (χ0v) is 15.6. The van der Waals surface area contributed by atoms with Gasteiger partial charge in [-0.05, 0) is 37.3 Å². The van der Waals surface area contributed by atoms with Gasteiger partial charge in [0.05, 0.1) is 17.0 Å². The number of nitrogens with zero attached hydrogens (tertiary/aromatic N) is 1. The van der Waals surface area contributed by atoms with Crippen LogP contribution in [-0.4, -0.2) is 53.3 Å². The number of amides is 3. The quantitative estimate of drug-likeness (QED) is 0.795. The first kappa shape index (κ1) is 17.3. The molecular weight excluding hydrogens is 394 g/mol. The Labute approximate surface area is 152 Å². The molecule has 1 aromatic rings. The number of halogens is 1. The van der Waals surface area contributed by atoms with Gasteiger partial charge in [-0.15, -0.1) is 0 Å². The van der Waals surface area contributed by atoms with Crippen LogP contribution in [0.2, 0.25) is 0 Å². The van der Waals surface area contributed by atoms with Gasteiger partial charge in [0.15, 0.2) is 0 Å². The fourth-order valence-electron chi connectivity index (χ4n) is 3.16. The van der Waals surface area contributed by atoms with Gasteiger partial charge in [-0.1, -0.05) is 15.9 Å². The summed E-state index contributed by atoms with van der Waals surface area (Å²) >= 11 is 4.82. The number of hydrogen-bond acceptors (Lipinski definition) is 4. The van der Waals surface area contributed by atoms with E-state index in [9.17, 15) is 14.4 Å². The Bertz CT molecular complexity index is 697. The second-order valence-electron chi connectivity index (χ2n) is 5.92. The molecule has 2 aliphatic rings. The topological polar surface area (TPSA) is 78.5 Å². The van der Waals surface area contributed by atoms with Crippen LogP contribution in [0.4, 0.5) is 5.69 Å². The molecule has 3 rings (SSSR count). The second kappa shape index (κ2) is 7.14. The van der Waals surface area contributed by atoms with E-state index in [1.165, 1.54) is 11.8 Å². The lowest BCUT2D eigenvalue weighted by molar-refractivity contribution is -0.123. The highest BCUT2D eigenvalue weighted by Gasteiger charge is 2.40. The van der Waals surface area contributed by atoms with Gasteiger partial charge in [0.1, 0.15) is 6.04 Å². The molecule has 2 atom stereocenters. The molecule has 1 fully saturated rings. The Morgan fingerprint density at radius 1 is 1.46 bits per heavy atom. The summed E-state index contributed by atoms with van der Waals surface area (Å²) < 4.78 is 0.793. The zero-order chi connectivity index (χ0) is 17.3. The van der Waals surface area contributed by atoms with Crippen LogP contribution < -0.4 is 10.6 Å². The van der Waals surface area contributed by atoms with Crippen molar-refractivity contribution in [3.05, 3.63) is 28.2 Å². The average molecular weight is 412 g/mol. The van der Waals surface area contributed by atoms with Gasteiger partial charge in [-0.2, -0.15) is 11.8 Å². The number of benzene rings is 1. The van der Waals surface area contributed by atoms with Gasteiger partial charge < -0.3 is 15.5 Å². The Morgan fingerprint density at radius 2 is 2.25 bits per heavy atom. The maximum absolute atomic E-state index is 12.8. The molecule has 0 bridgehead atoms.